The number of ether oxygens (including phenoxy) is 2. The van der Waals surface area contributed by atoms with Gasteiger partial charge < -0.3 is 24.4 Å². The molecule has 48 heavy (non-hydrogen) atoms. The van der Waals surface area contributed by atoms with Crippen molar-refractivity contribution >= 4 is 33.3 Å². The van der Waals surface area contributed by atoms with Crippen molar-refractivity contribution in [3.63, 3.8) is 0 Å². The lowest BCUT2D eigenvalue weighted by molar-refractivity contribution is 0.103. The number of hydrogen-bond donors (Lipinski definition) is 1. The van der Waals surface area contributed by atoms with Crippen molar-refractivity contribution in [3.8, 4) is 35.4 Å². The monoisotopic (exact) mass is 658 g/mol. The number of nitrogens with zero attached hydrogens (tertiary/aromatic N) is 6. The van der Waals surface area contributed by atoms with E-state index in [1.165, 1.54) is 24.3 Å². The third kappa shape index (κ3) is 5.06. The van der Waals surface area contributed by atoms with E-state index in [1.54, 1.807) is 0 Å². The fourth-order valence-corrected chi connectivity index (χ4v) is 8.19. The number of fused-ring (bicyclic) bond motifs is 4. The maximum Gasteiger partial charge on any atom is 0.319 e. The molecule has 4 aliphatic heterocycles. The number of hydrogen-bond acceptors (Lipinski definition) is 9. The van der Waals surface area contributed by atoms with Crippen LogP contribution in [0.2, 0.25) is 0 Å². The lowest BCUT2D eigenvalue weighted by Crippen LogP contribution is -2.45. The number of pyridine rings is 1. The van der Waals surface area contributed by atoms with E-state index in [-0.39, 0.29) is 52.1 Å². The van der Waals surface area contributed by atoms with Crippen LogP contribution in [0.15, 0.2) is 24.3 Å². The molecular weight excluding hydrogens is 621 g/mol. The zero-order valence-corrected chi connectivity index (χ0v) is 26.8. The van der Waals surface area contributed by atoms with E-state index < -0.39 is 23.3 Å². The Bertz CT molecular complexity index is 1970. The molecule has 6 heterocycles. The largest absolute Gasteiger partial charge is 0.508 e. The van der Waals surface area contributed by atoms with E-state index in [2.05, 4.69) is 20.7 Å². The van der Waals surface area contributed by atoms with Gasteiger partial charge in [-0.15, -0.1) is 6.42 Å². The smallest absolute Gasteiger partial charge is 0.319 e. The number of terminal acetylenes is 1. The maximum absolute atomic E-state index is 17.2. The lowest BCUT2D eigenvalue weighted by atomic mass is 9.95. The summed E-state index contributed by atoms with van der Waals surface area (Å²) in [5, 5.41) is 11.8. The molecule has 0 spiro atoms. The summed E-state index contributed by atoms with van der Waals surface area (Å²) in [6, 6.07) is 5.48. The lowest BCUT2D eigenvalue weighted by Gasteiger charge is -2.38. The topological polar surface area (TPSA) is 87.1 Å². The molecule has 12 heteroatoms. The number of halogens is 3. The standard InChI is InChI=1S/C36H37F3N6O3/c1-3-25-27(38)8-7-21-15-24(46)16-26(28(21)25)31-30(39)32-29-33(40-31)43(2)13-9-23-19-47-14-5-4-12-45(23)34(29)42-35(41-32)48-20-36-10-6-11-44(36)18-22(37)17-36/h1,7-8,15-16,22-23,46H,4-6,9-14,17-20H2,2H3/t22-,23-,36+/m1/s1. The van der Waals surface area contributed by atoms with Gasteiger partial charge in [-0.05, 0) is 62.2 Å². The van der Waals surface area contributed by atoms with E-state index in [0.29, 0.717) is 61.7 Å². The van der Waals surface area contributed by atoms with Crippen molar-refractivity contribution in [1.29, 1.82) is 0 Å². The zero-order chi connectivity index (χ0) is 33.2. The number of rotatable bonds is 4. The molecule has 0 unspecified atom stereocenters. The molecule has 0 bridgehead atoms. The average molecular weight is 659 g/mol. The predicted octanol–water partition coefficient (Wildman–Crippen LogP) is 5.59. The van der Waals surface area contributed by atoms with E-state index >= 15 is 8.78 Å². The van der Waals surface area contributed by atoms with Crippen molar-refractivity contribution in [3.05, 3.63) is 41.5 Å². The second-order valence-electron chi connectivity index (χ2n) is 13.5. The van der Waals surface area contributed by atoms with E-state index in [1.807, 2.05) is 11.9 Å². The van der Waals surface area contributed by atoms with Crippen LogP contribution in [0.5, 0.6) is 11.8 Å². The highest BCUT2D eigenvalue weighted by Crippen LogP contribution is 2.44. The van der Waals surface area contributed by atoms with Crippen LogP contribution in [0.3, 0.4) is 0 Å². The van der Waals surface area contributed by atoms with Crippen LogP contribution in [0.25, 0.3) is 32.9 Å². The molecule has 0 saturated carbocycles. The van der Waals surface area contributed by atoms with E-state index in [4.69, 9.17) is 25.9 Å². The van der Waals surface area contributed by atoms with Crippen LogP contribution in [0, 0.1) is 24.0 Å². The van der Waals surface area contributed by atoms with Crippen LogP contribution in [0.4, 0.5) is 24.8 Å². The molecule has 3 saturated heterocycles. The Labute approximate surface area is 276 Å². The van der Waals surface area contributed by atoms with Crippen LogP contribution >= 0.6 is 0 Å². The number of phenols is 1. The van der Waals surface area contributed by atoms with Gasteiger partial charge in [-0.3, -0.25) is 4.90 Å². The minimum Gasteiger partial charge on any atom is -0.508 e. The number of alkyl halides is 1. The van der Waals surface area contributed by atoms with Gasteiger partial charge in [-0.25, -0.2) is 18.2 Å². The van der Waals surface area contributed by atoms with E-state index in [0.717, 1.165) is 38.6 Å². The highest BCUT2D eigenvalue weighted by molar-refractivity contribution is 6.06. The van der Waals surface area contributed by atoms with Crippen molar-refractivity contribution in [2.24, 2.45) is 0 Å². The number of anilines is 2. The molecule has 0 amide bonds. The summed E-state index contributed by atoms with van der Waals surface area (Å²) in [5.41, 5.74) is -0.518. The van der Waals surface area contributed by atoms with Crippen molar-refractivity contribution in [1.82, 2.24) is 19.9 Å². The minimum absolute atomic E-state index is 0.0101. The van der Waals surface area contributed by atoms with Gasteiger partial charge in [-0.2, -0.15) is 9.97 Å². The third-order valence-electron chi connectivity index (χ3n) is 10.5. The molecule has 2 aromatic heterocycles. The average Bonchev–Trinajstić information content (AvgIpc) is 3.58. The molecule has 2 aromatic carbocycles. The fraction of sp³-hybridized carbons (Fsp3) is 0.472. The van der Waals surface area contributed by atoms with Gasteiger partial charge >= 0.3 is 6.01 Å². The first-order valence-electron chi connectivity index (χ1n) is 16.7. The second kappa shape index (κ2) is 12.0. The normalized spacial score (nSPS) is 24.5. The van der Waals surface area contributed by atoms with Gasteiger partial charge in [0.2, 0.25) is 0 Å². The summed E-state index contributed by atoms with van der Waals surface area (Å²) in [6.45, 7) is 3.79. The zero-order valence-electron chi connectivity index (χ0n) is 26.8. The predicted molar refractivity (Wildman–Crippen MR) is 177 cm³/mol. The summed E-state index contributed by atoms with van der Waals surface area (Å²) in [4.78, 5) is 20.7. The summed E-state index contributed by atoms with van der Waals surface area (Å²) in [6.07, 6.45) is 9.40. The van der Waals surface area contributed by atoms with Gasteiger partial charge in [0.15, 0.2) is 5.82 Å². The van der Waals surface area contributed by atoms with Gasteiger partial charge in [0, 0.05) is 50.7 Å². The van der Waals surface area contributed by atoms with Crippen LogP contribution in [0.1, 0.15) is 44.1 Å². The Morgan fingerprint density at radius 3 is 2.81 bits per heavy atom. The van der Waals surface area contributed by atoms with Crippen LogP contribution in [-0.2, 0) is 4.74 Å². The molecule has 0 radical (unpaired) electrons. The Morgan fingerprint density at radius 2 is 1.96 bits per heavy atom. The Hall–Kier alpha value is -4.34. The van der Waals surface area contributed by atoms with Crippen molar-refractivity contribution in [2.45, 2.75) is 56.3 Å². The van der Waals surface area contributed by atoms with Gasteiger partial charge in [0.1, 0.15) is 47.2 Å². The van der Waals surface area contributed by atoms with Gasteiger partial charge in [0.25, 0.3) is 0 Å². The number of aromatic nitrogens is 3. The Kier molecular flexibility index (Phi) is 7.72. The first-order chi connectivity index (χ1) is 23.3. The van der Waals surface area contributed by atoms with Crippen molar-refractivity contribution in [2.75, 3.05) is 62.8 Å². The molecule has 4 aromatic rings. The molecule has 250 valence electrons. The highest BCUT2D eigenvalue weighted by atomic mass is 19.1. The molecule has 9 nitrogen and oxygen atoms in total. The minimum atomic E-state index is -0.930. The first kappa shape index (κ1) is 31.0. The van der Waals surface area contributed by atoms with Crippen LogP contribution < -0.4 is 14.5 Å². The molecule has 1 N–H and O–H groups in total. The summed E-state index contributed by atoms with van der Waals surface area (Å²) < 4.78 is 59.2. The Morgan fingerprint density at radius 1 is 1.08 bits per heavy atom. The molecule has 8 rings (SSSR count). The van der Waals surface area contributed by atoms with Crippen molar-refractivity contribution < 1.29 is 27.8 Å². The molecular formula is C36H37F3N6O3. The van der Waals surface area contributed by atoms with Gasteiger partial charge in [-0.1, -0.05) is 12.0 Å². The SMILES string of the molecule is C#Cc1c(F)ccc2cc(O)cc(-c3nc4c5c(nc(OC[C@@]67CCCN6C[C@H](F)C7)nc5c3F)N3CCCCOC[C@H]3CCN4C)c12. The molecule has 4 aliphatic rings. The number of aromatic hydroxyl groups is 1. The first-order valence-corrected chi connectivity index (χ1v) is 16.7. The third-order valence-corrected chi connectivity index (χ3v) is 10.5. The number of benzene rings is 2. The quantitative estimate of drug-likeness (QED) is 0.282. The highest BCUT2D eigenvalue weighted by Gasteiger charge is 2.49. The summed E-state index contributed by atoms with van der Waals surface area (Å²) in [7, 11) is 1.88. The molecule has 3 fully saturated rings. The molecule has 0 aliphatic carbocycles. The fourth-order valence-electron chi connectivity index (χ4n) is 8.19. The van der Waals surface area contributed by atoms with E-state index in [9.17, 15) is 9.50 Å². The second-order valence-corrected chi connectivity index (χ2v) is 13.5. The van der Waals surface area contributed by atoms with Gasteiger partial charge in [0.05, 0.1) is 29.1 Å². The molecule has 3 atom stereocenters. The summed E-state index contributed by atoms with van der Waals surface area (Å²) >= 11 is 0. The Balaban J connectivity index is 1.36. The number of phenolic OH excluding ortho intramolecular Hbond substituents is 1. The summed E-state index contributed by atoms with van der Waals surface area (Å²) in [5.74, 6) is 1.77. The van der Waals surface area contributed by atoms with Crippen LogP contribution in [-0.4, -0.2) is 95.8 Å². The maximum atomic E-state index is 17.2.